The van der Waals surface area contributed by atoms with Crippen LogP contribution in [-0.2, 0) is 11.8 Å². The highest BCUT2D eigenvalue weighted by atomic mass is 35.9. The molecule has 0 fully saturated rings. The van der Waals surface area contributed by atoms with Crippen molar-refractivity contribution in [3.05, 3.63) is 41.7 Å². The van der Waals surface area contributed by atoms with Gasteiger partial charge in [0.05, 0.1) is 0 Å². The molecule has 0 atom stereocenters. The van der Waals surface area contributed by atoms with Gasteiger partial charge in [0.1, 0.15) is 4.74 Å². The van der Waals surface area contributed by atoms with E-state index < -0.39 is 4.74 Å². The zero-order chi connectivity index (χ0) is 9.03. The molecule has 0 saturated carbocycles. The summed E-state index contributed by atoms with van der Waals surface area (Å²) in [5, 5.41) is 0. The van der Waals surface area contributed by atoms with Crippen molar-refractivity contribution in [2.24, 2.45) is 0 Å². The molecular weight excluding hydrogens is 230 g/mol. The third-order valence-corrected chi connectivity index (χ3v) is 2.78. The van der Waals surface area contributed by atoms with E-state index in [1.807, 2.05) is 36.4 Å². The van der Waals surface area contributed by atoms with Crippen molar-refractivity contribution in [2.75, 3.05) is 0 Å². The van der Waals surface area contributed by atoms with Crippen LogP contribution in [0, 0.1) is 0 Å². The molecule has 0 bridgehead atoms. The largest absolute Gasteiger partial charge is 0.140 e. The van der Waals surface area contributed by atoms with Crippen molar-refractivity contribution in [3.8, 4) is 0 Å². The van der Waals surface area contributed by atoms with E-state index in [2.05, 4.69) is 0 Å². The van der Waals surface area contributed by atoms with Crippen LogP contribution < -0.4 is 0 Å². The molecule has 0 spiro atoms. The zero-order valence-corrected chi connectivity index (χ0v) is 9.38. The zero-order valence-electron chi connectivity index (χ0n) is 6.15. The molecule has 0 heterocycles. The first-order chi connectivity index (χ1) is 5.58. The van der Waals surface area contributed by atoms with Crippen LogP contribution in [0.2, 0.25) is 0 Å². The van der Waals surface area contributed by atoms with Crippen molar-refractivity contribution in [1.82, 2.24) is 0 Å². The lowest BCUT2D eigenvalue weighted by Crippen LogP contribution is -1.66. The summed E-state index contributed by atoms with van der Waals surface area (Å²) in [7, 11) is 0. The number of hydrogen-bond donors (Lipinski definition) is 0. The fourth-order valence-corrected chi connectivity index (χ4v) is 1.60. The average Bonchev–Trinajstić information content (AvgIpc) is 2.02. The van der Waals surface area contributed by atoms with Crippen LogP contribution in [0.25, 0.3) is 6.08 Å². The lowest BCUT2D eigenvalue weighted by atomic mass is 10.2. The second-order valence-electron chi connectivity index (χ2n) is 2.23. The van der Waals surface area contributed by atoms with E-state index in [-0.39, 0.29) is 0 Å². The van der Waals surface area contributed by atoms with Gasteiger partial charge in [0.25, 0.3) is 0 Å². The summed E-state index contributed by atoms with van der Waals surface area (Å²) in [5.74, 6) is 1.68. The van der Waals surface area contributed by atoms with E-state index in [4.69, 9.17) is 34.3 Å². The van der Waals surface area contributed by atoms with Crippen LogP contribution in [0.1, 0.15) is 5.56 Å². The van der Waals surface area contributed by atoms with Gasteiger partial charge >= 0.3 is 0 Å². The summed E-state index contributed by atoms with van der Waals surface area (Å²) < 4.78 is -2.23. The second-order valence-corrected chi connectivity index (χ2v) is 10.2. The number of halogens is 2. The first-order valence-corrected chi connectivity index (χ1v) is 7.99. The van der Waals surface area contributed by atoms with Crippen LogP contribution in [-0.4, -0.2) is 0 Å². The quantitative estimate of drug-likeness (QED) is 0.685. The first kappa shape index (κ1) is 10.3. The summed E-state index contributed by atoms with van der Waals surface area (Å²) in [4.78, 5) is 0. The van der Waals surface area contributed by atoms with Crippen molar-refractivity contribution in [1.29, 1.82) is 0 Å². The van der Waals surface area contributed by atoms with Gasteiger partial charge in [-0.2, -0.15) is 0 Å². The van der Waals surface area contributed by atoms with E-state index in [9.17, 15) is 0 Å². The molecule has 0 amide bonds. The predicted octanol–water partition coefficient (Wildman–Crippen LogP) is 4.44. The Bertz CT molecular complexity index is 315. The Morgan fingerprint density at radius 2 is 1.75 bits per heavy atom. The van der Waals surface area contributed by atoms with Gasteiger partial charge in [-0.1, -0.05) is 70.7 Å². The van der Waals surface area contributed by atoms with Crippen LogP contribution in [0.3, 0.4) is 0 Å². The van der Waals surface area contributed by atoms with Gasteiger partial charge in [0, 0.05) is 0 Å². The van der Waals surface area contributed by atoms with Crippen molar-refractivity contribution >= 4 is 45.1 Å². The Hall–Kier alpha value is 0.190. The Morgan fingerprint density at radius 3 is 2.25 bits per heavy atom. The molecule has 64 valence electrons. The highest BCUT2D eigenvalue weighted by Gasteiger charge is 1.99. The van der Waals surface area contributed by atoms with Crippen LogP contribution in [0.15, 0.2) is 36.1 Å². The summed E-state index contributed by atoms with van der Waals surface area (Å²) >= 11 is 16.2. The molecule has 0 aliphatic heterocycles. The molecular formula is C8H7Cl2PS. The van der Waals surface area contributed by atoms with Gasteiger partial charge in [0.2, 0.25) is 0 Å². The molecule has 0 radical (unpaired) electrons. The molecule has 0 aromatic heterocycles. The molecule has 0 nitrogen and oxygen atoms in total. The smallest absolute Gasteiger partial charge is 0.0639 e. The Balaban J connectivity index is 2.78. The standard InChI is InChI=1S/C8H7Cl2PS/c9-11(10,12)7-6-8-4-2-1-3-5-8/h1-7H. The highest BCUT2D eigenvalue weighted by molar-refractivity contribution is 8.40. The Morgan fingerprint density at radius 1 is 1.17 bits per heavy atom. The van der Waals surface area contributed by atoms with Crippen LogP contribution >= 0.6 is 27.2 Å². The Labute approximate surface area is 86.8 Å². The predicted molar refractivity (Wildman–Crippen MR) is 61.5 cm³/mol. The second kappa shape index (κ2) is 4.43. The third kappa shape index (κ3) is 4.27. The van der Waals surface area contributed by atoms with E-state index in [1.165, 1.54) is 0 Å². The summed E-state index contributed by atoms with van der Waals surface area (Å²) in [6.07, 6.45) is 1.85. The lowest BCUT2D eigenvalue weighted by molar-refractivity contribution is 1.67. The fourth-order valence-electron chi connectivity index (χ4n) is 0.737. The molecule has 0 N–H and O–H groups in total. The lowest BCUT2D eigenvalue weighted by Gasteiger charge is -1.95. The van der Waals surface area contributed by atoms with Gasteiger partial charge < -0.3 is 0 Å². The van der Waals surface area contributed by atoms with Crippen LogP contribution in [0.5, 0.6) is 0 Å². The maximum atomic E-state index is 5.69. The van der Waals surface area contributed by atoms with Crippen molar-refractivity contribution in [3.63, 3.8) is 0 Å². The molecule has 1 aromatic carbocycles. The average molecular weight is 237 g/mol. The molecule has 12 heavy (non-hydrogen) atoms. The van der Waals surface area contributed by atoms with E-state index >= 15 is 0 Å². The molecule has 1 aromatic rings. The van der Waals surface area contributed by atoms with Gasteiger partial charge in [0.15, 0.2) is 0 Å². The normalized spacial score (nSPS) is 12.2. The maximum Gasteiger partial charge on any atom is 0.140 e. The van der Waals surface area contributed by atoms with Gasteiger partial charge in [-0.25, -0.2) is 0 Å². The number of benzene rings is 1. The van der Waals surface area contributed by atoms with E-state index in [0.717, 1.165) is 5.56 Å². The van der Waals surface area contributed by atoms with Crippen molar-refractivity contribution in [2.45, 2.75) is 0 Å². The Kier molecular flexibility index (Phi) is 3.79. The van der Waals surface area contributed by atoms with Gasteiger partial charge in [-0.3, -0.25) is 0 Å². The summed E-state index contributed by atoms with van der Waals surface area (Å²) in [5.41, 5.74) is 1.06. The third-order valence-electron chi connectivity index (χ3n) is 1.24. The van der Waals surface area contributed by atoms with Crippen LogP contribution in [0.4, 0.5) is 0 Å². The van der Waals surface area contributed by atoms with Crippen molar-refractivity contribution < 1.29 is 0 Å². The summed E-state index contributed by atoms with van der Waals surface area (Å²) in [6, 6.07) is 9.79. The first-order valence-electron chi connectivity index (χ1n) is 3.31. The minimum Gasteiger partial charge on any atom is -0.0639 e. The minimum atomic E-state index is -2.23. The molecule has 1 rings (SSSR count). The highest BCUT2D eigenvalue weighted by Crippen LogP contribution is 2.58. The summed E-state index contributed by atoms with van der Waals surface area (Å²) in [6.45, 7) is 0. The molecule has 0 unspecified atom stereocenters. The molecule has 0 aliphatic carbocycles. The minimum absolute atomic E-state index is 1.06. The molecule has 0 aliphatic rings. The molecule has 0 saturated heterocycles. The maximum absolute atomic E-state index is 5.69. The molecule has 4 heteroatoms. The number of hydrogen-bond acceptors (Lipinski definition) is 1. The monoisotopic (exact) mass is 236 g/mol. The van der Waals surface area contributed by atoms with E-state index in [1.54, 1.807) is 5.82 Å². The SMILES string of the molecule is S=P(Cl)(Cl)C=Cc1ccccc1. The van der Waals surface area contributed by atoms with Gasteiger partial charge in [-0.15, -0.1) is 0 Å². The van der Waals surface area contributed by atoms with Gasteiger partial charge in [-0.05, 0) is 11.4 Å². The topological polar surface area (TPSA) is 0 Å². The van der Waals surface area contributed by atoms with E-state index in [0.29, 0.717) is 0 Å². The fraction of sp³-hybridized carbons (Fsp3) is 0. The number of rotatable bonds is 2.